The number of nitrogens with zero attached hydrogens (tertiary/aromatic N) is 1. The van der Waals surface area contributed by atoms with Gasteiger partial charge in [0.1, 0.15) is 23.0 Å². The minimum atomic E-state index is -0.525. The summed E-state index contributed by atoms with van der Waals surface area (Å²) in [7, 11) is 2.98. The highest BCUT2D eigenvalue weighted by molar-refractivity contribution is 7.11. The van der Waals surface area contributed by atoms with E-state index in [2.05, 4.69) is 5.32 Å². The van der Waals surface area contributed by atoms with E-state index in [0.717, 1.165) is 4.90 Å². The number of carbonyl (C=O) groups excluding carboxylic acids is 2. The highest BCUT2D eigenvalue weighted by Gasteiger charge is 2.41. The van der Waals surface area contributed by atoms with Gasteiger partial charge >= 0.3 is 0 Å². The first kappa shape index (κ1) is 19.7. The number of benzene rings is 2. The first-order valence-corrected chi connectivity index (χ1v) is 9.82. The zero-order chi connectivity index (χ0) is 21.3. The molecule has 0 unspecified atom stereocenters. The molecule has 2 amide bonds. The molecule has 0 saturated heterocycles. The Morgan fingerprint density at radius 1 is 0.933 bits per heavy atom. The second-order valence-corrected chi connectivity index (χ2v) is 7.32. The SMILES string of the molecule is COc1cc(OC)cc(N2C(=O)C(Nc3ccc(F)cc3)=C(c3cccs3)C2=O)c1. The van der Waals surface area contributed by atoms with Crippen LogP contribution in [0, 0.1) is 5.82 Å². The Bertz CT molecular complexity index is 1120. The molecule has 0 saturated carbocycles. The van der Waals surface area contributed by atoms with E-state index in [0.29, 0.717) is 27.8 Å². The largest absolute Gasteiger partial charge is 0.497 e. The van der Waals surface area contributed by atoms with Crippen LogP contribution >= 0.6 is 11.3 Å². The molecule has 0 bridgehead atoms. The van der Waals surface area contributed by atoms with Crippen molar-refractivity contribution >= 4 is 40.1 Å². The molecule has 0 spiro atoms. The molecular weight excluding hydrogens is 407 g/mol. The third kappa shape index (κ3) is 3.53. The van der Waals surface area contributed by atoms with Crippen LogP contribution in [0.4, 0.5) is 15.8 Å². The number of halogens is 1. The summed E-state index contributed by atoms with van der Waals surface area (Å²) in [6.07, 6.45) is 0. The Morgan fingerprint density at radius 3 is 2.17 bits per heavy atom. The summed E-state index contributed by atoms with van der Waals surface area (Å²) in [5.41, 5.74) is 1.19. The highest BCUT2D eigenvalue weighted by atomic mass is 32.1. The van der Waals surface area contributed by atoms with Crippen LogP contribution in [-0.2, 0) is 9.59 Å². The maximum absolute atomic E-state index is 13.3. The molecule has 0 atom stereocenters. The molecule has 4 rings (SSSR count). The minimum absolute atomic E-state index is 0.121. The van der Waals surface area contributed by atoms with Crippen LogP contribution in [0.5, 0.6) is 11.5 Å². The van der Waals surface area contributed by atoms with Gasteiger partial charge in [-0.1, -0.05) is 6.07 Å². The second-order valence-electron chi connectivity index (χ2n) is 6.38. The average Bonchev–Trinajstić information content (AvgIpc) is 3.36. The highest BCUT2D eigenvalue weighted by Crippen LogP contribution is 2.38. The molecule has 152 valence electrons. The van der Waals surface area contributed by atoms with E-state index in [1.807, 2.05) is 5.38 Å². The summed E-state index contributed by atoms with van der Waals surface area (Å²) >= 11 is 1.35. The van der Waals surface area contributed by atoms with Gasteiger partial charge in [0.05, 0.1) is 25.5 Å². The smallest absolute Gasteiger partial charge is 0.282 e. The summed E-state index contributed by atoms with van der Waals surface area (Å²) < 4.78 is 23.8. The Hall–Kier alpha value is -3.65. The zero-order valence-electron chi connectivity index (χ0n) is 16.1. The summed E-state index contributed by atoms with van der Waals surface area (Å²) in [4.78, 5) is 28.4. The number of imide groups is 1. The molecule has 2 aromatic carbocycles. The lowest BCUT2D eigenvalue weighted by molar-refractivity contribution is -0.120. The topological polar surface area (TPSA) is 67.9 Å². The van der Waals surface area contributed by atoms with Crippen molar-refractivity contribution in [2.24, 2.45) is 0 Å². The lowest BCUT2D eigenvalue weighted by Crippen LogP contribution is -2.32. The van der Waals surface area contributed by atoms with E-state index in [-0.39, 0.29) is 11.3 Å². The lowest BCUT2D eigenvalue weighted by atomic mass is 10.2. The van der Waals surface area contributed by atoms with Gasteiger partial charge in [-0.25, -0.2) is 9.29 Å². The lowest BCUT2D eigenvalue weighted by Gasteiger charge is -2.17. The van der Waals surface area contributed by atoms with Crippen molar-refractivity contribution in [3.63, 3.8) is 0 Å². The molecule has 2 heterocycles. The van der Waals surface area contributed by atoms with Crippen LogP contribution in [0.25, 0.3) is 5.57 Å². The molecule has 0 aliphatic carbocycles. The van der Waals surface area contributed by atoms with Crippen molar-refractivity contribution in [1.29, 1.82) is 0 Å². The molecule has 8 heteroatoms. The van der Waals surface area contributed by atoms with E-state index in [4.69, 9.17) is 9.47 Å². The molecular formula is C22H17FN2O4S. The fraction of sp³-hybridized carbons (Fsp3) is 0.0909. The normalized spacial score (nSPS) is 13.8. The minimum Gasteiger partial charge on any atom is -0.497 e. The number of anilines is 2. The number of hydrogen-bond donors (Lipinski definition) is 1. The van der Waals surface area contributed by atoms with Crippen molar-refractivity contribution in [3.8, 4) is 11.5 Å². The van der Waals surface area contributed by atoms with Crippen molar-refractivity contribution in [2.45, 2.75) is 0 Å². The number of nitrogens with one attached hydrogen (secondary N) is 1. The van der Waals surface area contributed by atoms with E-state index in [9.17, 15) is 14.0 Å². The molecule has 0 radical (unpaired) electrons. The number of carbonyl (C=O) groups is 2. The first-order chi connectivity index (χ1) is 14.5. The van der Waals surface area contributed by atoms with Crippen LogP contribution in [0.15, 0.2) is 65.7 Å². The zero-order valence-corrected chi connectivity index (χ0v) is 17.0. The fourth-order valence-corrected chi connectivity index (χ4v) is 3.90. The van der Waals surface area contributed by atoms with Crippen LogP contribution < -0.4 is 19.7 Å². The predicted octanol–water partition coefficient (Wildman–Crippen LogP) is 4.30. The van der Waals surface area contributed by atoms with E-state index < -0.39 is 17.6 Å². The van der Waals surface area contributed by atoms with E-state index >= 15 is 0 Å². The first-order valence-electron chi connectivity index (χ1n) is 8.94. The van der Waals surface area contributed by atoms with E-state index in [1.165, 1.54) is 49.8 Å². The molecule has 0 fully saturated rings. The van der Waals surface area contributed by atoms with Gasteiger partial charge in [0, 0.05) is 28.8 Å². The van der Waals surface area contributed by atoms with Crippen LogP contribution in [-0.4, -0.2) is 26.0 Å². The van der Waals surface area contributed by atoms with Crippen molar-refractivity contribution < 1.29 is 23.5 Å². The molecule has 1 aliphatic heterocycles. The molecule has 6 nitrogen and oxygen atoms in total. The number of rotatable bonds is 6. The maximum Gasteiger partial charge on any atom is 0.282 e. The summed E-state index contributed by atoms with van der Waals surface area (Å²) in [5, 5.41) is 4.81. The van der Waals surface area contributed by atoms with Gasteiger partial charge in [-0.3, -0.25) is 9.59 Å². The quantitative estimate of drug-likeness (QED) is 0.598. The summed E-state index contributed by atoms with van der Waals surface area (Å²) in [6, 6.07) is 14.0. The Balaban J connectivity index is 1.80. The van der Waals surface area contributed by atoms with Crippen LogP contribution in [0.2, 0.25) is 0 Å². The number of hydrogen-bond acceptors (Lipinski definition) is 6. The Morgan fingerprint density at radius 2 is 1.60 bits per heavy atom. The van der Waals surface area contributed by atoms with Gasteiger partial charge in [-0.2, -0.15) is 0 Å². The van der Waals surface area contributed by atoms with E-state index in [1.54, 1.807) is 30.3 Å². The molecule has 1 aromatic heterocycles. The third-order valence-electron chi connectivity index (χ3n) is 4.56. The molecule has 30 heavy (non-hydrogen) atoms. The predicted molar refractivity (Wildman–Crippen MR) is 113 cm³/mol. The number of methoxy groups -OCH3 is 2. The summed E-state index contributed by atoms with van der Waals surface area (Å²) in [5.74, 6) is -0.498. The van der Waals surface area contributed by atoms with Crippen LogP contribution in [0.3, 0.4) is 0 Å². The van der Waals surface area contributed by atoms with Gasteiger partial charge in [-0.15, -0.1) is 11.3 Å². The van der Waals surface area contributed by atoms with Crippen molar-refractivity contribution in [3.05, 3.63) is 76.4 Å². The Kier molecular flexibility index (Phi) is 5.24. The molecule has 3 aromatic rings. The van der Waals surface area contributed by atoms with Gasteiger partial charge < -0.3 is 14.8 Å². The van der Waals surface area contributed by atoms with Gasteiger partial charge in [-0.05, 0) is 35.7 Å². The van der Waals surface area contributed by atoms with Crippen molar-refractivity contribution in [2.75, 3.05) is 24.4 Å². The molecule has 1 N–H and O–H groups in total. The average molecular weight is 424 g/mol. The third-order valence-corrected chi connectivity index (χ3v) is 5.45. The summed E-state index contributed by atoms with van der Waals surface area (Å²) in [6.45, 7) is 0. The van der Waals surface area contributed by atoms with Gasteiger partial charge in [0.2, 0.25) is 0 Å². The number of thiophene rings is 1. The Labute approximate surface area is 176 Å². The number of amides is 2. The fourth-order valence-electron chi connectivity index (χ4n) is 3.13. The van der Waals surface area contributed by atoms with Gasteiger partial charge in [0.15, 0.2) is 0 Å². The van der Waals surface area contributed by atoms with Crippen molar-refractivity contribution in [1.82, 2.24) is 0 Å². The monoisotopic (exact) mass is 424 g/mol. The second kappa shape index (κ2) is 8.00. The maximum atomic E-state index is 13.3. The van der Waals surface area contributed by atoms with Crippen LogP contribution in [0.1, 0.15) is 4.88 Å². The molecule has 1 aliphatic rings. The van der Waals surface area contributed by atoms with Gasteiger partial charge in [0.25, 0.3) is 11.8 Å². The number of ether oxygens (including phenoxy) is 2. The standard InChI is InChI=1S/C22H17FN2O4S/c1-28-16-10-15(11-17(12-16)29-2)25-21(26)19(18-4-3-9-30-18)20(22(25)27)24-14-7-5-13(23)6-8-14/h3-12,24H,1-2H3.